The van der Waals surface area contributed by atoms with Crippen molar-refractivity contribution in [3.05, 3.63) is 11.9 Å². The second-order valence-electron chi connectivity index (χ2n) is 3.44. The normalized spacial score (nSPS) is 12.3. The predicted octanol–water partition coefficient (Wildman–Crippen LogP) is 1.27. The van der Waals surface area contributed by atoms with Crippen LogP contribution >= 0.6 is 0 Å². The van der Waals surface area contributed by atoms with Gasteiger partial charge in [-0.15, -0.1) is 0 Å². The molecule has 0 aliphatic rings. The molecule has 0 saturated heterocycles. The summed E-state index contributed by atoms with van der Waals surface area (Å²) in [5, 5.41) is 6.23. The van der Waals surface area contributed by atoms with E-state index >= 15 is 0 Å². The van der Waals surface area contributed by atoms with Gasteiger partial charge in [0.25, 0.3) is 0 Å². The van der Waals surface area contributed by atoms with E-state index in [1.165, 1.54) is 0 Å². The van der Waals surface area contributed by atoms with Gasteiger partial charge >= 0.3 is 0 Å². The van der Waals surface area contributed by atoms with Gasteiger partial charge in [-0.1, -0.05) is 0 Å². The zero-order chi connectivity index (χ0) is 11.3. The Balaban J connectivity index is 2.71. The van der Waals surface area contributed by atoms with Crippen molar-refractivity contribution in [2.24, 2.45) is 0 Å². The number of hydrogen-bond acceptors (Lipinski definition) is 5. The highest BCUT2D eigenvalue weighted by Crippen LogP contribution is 2.11. The van der Waals surface area contributed by atoms with Crippen LogP contribution in [0.2, 0.25) is 0 Å². The molecule has 0 fully saturated rings. The van der Waals surface area contributed by atoms with Gasteiger partial charge < -0.3 is 15.4 Å². The number of aryl methyl sites for hydroxylation is 1. The fourth-order valence-electron chi connectivity index (χ4n) is 1.31. The molecule has 1 heterocycles. The molecule has 0 bridgehead atoms. The monoisotopic (exact) mass is 210 g/mol. The highest BCUT2D eigenvalue weighted by Gasteiger charge is 2.04. The Hall–Kier alpha value is -1.36. The average Bonchev–Trinajstić information content (AvgIpc) is 2.17. The van der Waals surface area contributed by atoms with Crippen LogP contribution in [0.3, 0.4) is 0 Å². The van der Waals surface area contributed by atoms with Crippen LogP contribution in [0.25, 0.3) is 0 Å². The van der Waals surface area contributed by atoms with Gasteiger partial charge in [0, 0.05) is 26.3 Å². The molecule has 0 spiro atoms. The van der Waals surface area contributed by atoms with Gasteiger partial charge in [-0.3, -0.25) is 0 Å². The number of rotatable bonds is 5. The van der Waals surface area contributed by atoms with Gasteiger partial charge in [0.15, 0.2) is 0 Å². The number of nitrogens with zero attached hydrogens (tertiary/aromatic N) is 2. The minimum Gasteiger partial charge on any atom is -0.383 e. The number of methoxy groups -OCH3 is 1. The lowest BCUT2D eigenvalue weighted by atomic mass is 10.3. The second-order valence-corrected chi connectivity index (χ2v) is 3.44. The van der Waals surface area contributed by atoms with Crippen molar-refractivity contribution in [2.45, 2.75) is 19.9 Å². The SMILES string of the molecule is CNc1cc(N[C@@H](C)COC)nc(C)n1. The van der Waals surface area contributed by atoms with Crippen LogP contribution in [0.1, 0.15) is 12.7 Å². The zero-order valence-electron chi connectivity index (χ0n) is 9.66. The maximum absolute atomic E-state index is 5.04. The third kappa shape index (κ3) is 3.71. The van der Waals surface area contributed by atoms with Crippen LogP contribution in [0.4, 0.5) is 11.6 Å². The van der Waals surface area contributed by atoms with E-state index < -0.39 is 0 Å². The Morgan fingerprint density at radius 1 is 1.40 bits per heavy atom. The van der Waals surface area contributed by atoms with Crippen LogP contribution in [0.15, 0.2) is 6.07 Å². The number of anilines is 2. The molecule has 5 heteroatoms. The maximum atomic E-state index is 5.04. The standard InChI is InChI=1S/C10H18N4O/c1-7(6-15-4)12-10-5-9(11-3)13-8(2)14-10/h5,7H,6H2,1-4H3,(H2,11,12,13,14)/t7-/m0/s1. The molecular weight excluding hydrogens is 192 g/mol. The van der Waals surface area contributed by atoms with Crippen molar-refractivity contribution in [1.29, 1.82) is 0 Å². The topological polar surface area (TPSA) is 59.1 Å². The van der Waals surface area contributed by atoms with Crippen LogP contribution in [-0.4, -0.2) is 36.8 Å². The van der Waals surface area contributed by atoms with E-state index in [1.54, 1.807) is 7.11 Å². The zero-order valence-corrected chi connectivity index (χ0v) is 9.66. The largest absolute Gasteiger partial charge is 0.383 e. The molecule has 1 aromatic heterocycles. The molecule has 2 N–H and O–H groups in total. The van der Waals surface area contributed by atoms with E-state index in [0.717, 1.165) is 17.5 Å². The number of ether oxygens (including phenoxy) is 1. The lowest BCUT2D eigenvalue weighted by Crippen LogP contribution is -2.21. The molecule has 1 atom stereocenters. The fourth-order valence-corrected chi connectivity index (χ4v) is 1.31. The molecule has 0 aromatic carbocycles. The van der Waals surface area contributed by atoms with Crippen molar-refractivity contribution in [3.63, 3.8) is 0 Å². The van der Waals surface area contributed by atoms with Crippen molar-refractivity contribution in [1.82, 2.24) is 9.97 Å². The van der Waals surface area contributed by atoms with Crippen molar-refractivity contribution < 1.29 is 4.74 Å². The number of nitrogens with one attached hydrogen (secondary N) is 2. The van der Waals surface area contributed by atoms with E-state index in [1.807, 2.05) is 27.0 Å². The lowest BCUT2D eigenvalue weighted by molar-refractivity contribution is 0.190. The molecule has 84 valence electrons. The molecule has 0 amide bonds. The first-order valence-corrected chi connectivity index (χ1v) is 4.94. The second kappa shape index (κ2) is 5.50. The molecule has 0 radical (unpaired) electrons. The Kier molecular flexibility index (Phi) is 4.30. The molecular formula is C10H18N4O. The molecule has 5 nitrogen and oxygen atoms in total. The van der Waals surface area contributed by atoms with E-state index in [9.17, 15) is 0 Å². The van der Waals surface area contributed by atoms with Crippen LogP contribution in [0.5, 0.6) is 0 Å². The van der Waals surface area contributed by atoms with Gasteiger partial charge in [0.05, 0.1) is 6.61 Å². The summed E-state index contributed by atoms with van der Waals surface area (Å²) in [5.41, 5.74) is 0. The van der Waals surface area contributed by atoms with Crippen molar-refractivity contribution in [2.75, 3.05) is 31.4 Å². The summed E-state index contributed by atoms with van der Waals surface area (Å²) in [5.74, 6) is 2.37. The summed E-state index contributed by atoms with van der Waals surface area (Å²) >= 11 is 0. The first kappa shape index (κ1) is 11.7. The van der Waals surface area contributed by atoms with E-state index in [-0.39, 0.29) is 6.04 Å². The highest BCUT2D eigenvalue weighted by atomic mass is 16.5. The quantitative estimate of drug-likeness (QED) is 0.766. The van der Waals surface area contributed by atoms with Gasteiger partial charge in [-0.25, -0.2) is 9.97 Å². The summed E-state index contributed by atoms with van der Waals surface area (Å²) < 4.78 is 5.04. The van der Waals surface area contributed by atoms with Crippen LogP contribution in [-0.2, 0) is 4.74 Å². The fraction of sp³-hybridized carbons (Fsp3) is 0.600. The van der Waals surface area contributed by atoms with Gasteiger partial charge in [-0.05, 0) is 13.8 Å². The number of hydrogen-bond donors (Lipinski definition) is 2. The molecule has 1 aromatic rings. The molecule has 0 aliphatic heterocycles. The summed E-state index contributed by atoms with van der Waals surface area (Å²) in [4.78, 5) is 8.50. The lowest BCUT2D eigenvalue weighted by Gasteiger charge is -2.14. The Bertz CT molecular complexity index is 316. The smallest absolute Gasteiger partial charge is 0.132 e. The van der Waals surface area contributed by atoms with Gasteiger partial charge in [-0.2, -0.15) is 0 Å². The third-order valence-corrected chi connectivity index (χ3v) is 1.91. The Morgan fingerprint density at radius 3 is 2.67 bits per heavy atom. The third-order valence-electron chi connectivity index (χ3n) is 1.91. The summed E-state index contributed by atoms with van der Waals surface area (Å²) in [6.45, 7) is 4.56. The maximum Gasteiger partial charge on any atom is 0.132 e. The molecule has 0 aliphatic carbocycles. The van der Waals surface area contributed by atoms with E-state index in [0.29, 0.717) is 6.61 Å². The predicted molar refractivity (Wildman–Crippen MR) is 61.3 cm³/mol. The van der Waals surface area contributed by atoms with Gasteiger partial charge in [0.2, 0.25) is 0 Å². The van der Waals surface area contributed by atoms with Crippen molar-refractivity contribution >= 4 is 11.6 Å². The van der Waals surface area contributed by atoms with E-state index in [4.69, 9.17) is 4.74 Å². The van der Waals surface area contributed by atoms with Crippen molar-refractivity contribution in [3.8, 4) is 0 Å². The molecule has 0 saturated carbocycles. The van der Waals surface area contributed by atoms with Gasteiger partial charge in [0.1, 0.15) is 17.5 Å². The summed E-state index contributed by atoms with van der Waals surface area (Å²) in [6.07, 6.45) is 0. The van der Waals surface area contributed by atoms with Crippen LogP contribution in [0, 0.1) is 6.92 Å². The first-order chi connectivity index (χ1) is 7.15. The Labute approximate surface area is 90.3 Å². The van der Waals surface area contributed by atoms with Crippen LogP contribution < -0.4 is 10.6 Å². The molecule has 0 unspecified atom stereocenters. The summed E-state index contributed by atoms with van der Waals surface area (Å²) in [6, 6.07) is 2.10. The molecule has 15 heavy (non-hydrogen) atoms. The van der Waals surface area contributed by atoms with E-state index in [2.05, 4.69) is 20.6 Å². The average molecular weight is 210 g/mol. The highest BCUT2D eigenvalue weighted by molar-refractivity contribution is 5.47. The first-order valence-electron chi connectivity index (χ1n) is 4.94. The minimum atomic E-state index is 0.231. The summed E-state index contributed by atoms with van der Waals surface area (Å²) in [7, 11) is 3.52. The molecule has 1 rings (SSSR count). The Morgan fingerprint density at radius 2 is 2.07 bits per heavy atom. The number of aromatic nitrogens is 2. The minimum absolute atomic E-state index is 0.231.